The molecule has 0 amide bonds. The van der Waals surface area contributed by atoms with Gasteiger partial charge in [0.05, 0.1) is 25.4 Å². The van der Waals surface area contributed by atoms with E-state index in [1.165, 1.54) is 5.56 Å². The van der Waals surface area contributed by atoms with Crippen molar-refractivity contribution >= 4 is 29.9 Å². The first kappa shape index (κ1) is 25.7. The summed E-state index contributed by atoms with van der Waals surface area (Å²) in [6, 6.07) is 14.9. The van der Waals surface area contributed by atoms with E-state index in [0.717, 1.165) is 44.3 Å². The summed E-state index contributed by atoms with van der Waals surface area (Å²) in [5.74, 6) is 1.49. The Balaban J connectivity index is 0.00000306. The molecule has 0 bridgehead atoms. The van der Waals surface area contributed by atoms with Crippen LogP contribution in [0.5, 0.6) is 5.88 Å². The average Bonchev–Trinajstić information content (AvgIpc) is 3.26. The molecule has 4 rings (SSSR count). The number of morpholine rings is 1. The van der Waals surface area contributed by atoms with E-state index in [0.29, 0.717) is 31.7 Å². The molecule has 0 saturated carbocycles. The number of guanidine groups is 1. The van der Waals surface area contributed by atoms with E-state index in [-0.39, 0.29) is 30.1 Å². The highest BCUT2D eigenvalue weighted by molar-refractivity contribution is 14.0. The first-order chi connectivity index (χ1) is 15.8. The zero-order valence-electron chi connectivity index (χ0n) is 19.4. The molecular formula is C24H34IN5O3. The van der Waals surface area contributed by atoms with Gasteiger partial charge in [0.2, 0.25) is 5.88 Å². The average molecular weight is 567 g/mol. The number of rotatable bonds is 8. The minimum atomic E-state index is 0. The number of halogens is 1. The summed E-state index contributed by atoms with van der Waals surface area (Å²) in [7, 11) is 3.48. The first-order valence-electron chi connectivity index (χ1n) is 11.2. The van der Waals surface area contributed by atoms with Crippen LogP contribution < -0.4 is 10.1 Å². The number of aromatic nitrogens is 1. The molecule has 9 heteroatoms. The third-order valence-electron chi connectivity index (χ3n) is 5.97. The second-order valence-electron chi connectivity index (χ2n) is 8.05. The van der Waals surface area contributed by atoms with E-state index < -0.39 is 0 Å². The maximum Gasteiger partial charge on any atom is 0.218 e. The fraction of sp³-hybridized carbons (Fsp3) is 0.500. The molecule has 2 saturated heterocycles. The molecule has 33 heavy (non-hydrogen) atoms. The van der Waals surface area contributed by atoms with Gasteiger partial charge in [0.25, 0.3) is 0 Å². The van der Waals surface area contributed by atoms with Crippen LogP contribution in [-0.2, 0) is 22.6 Å². The Kier molecular flexibility index (Phi) is 10.2. The zero-order valence-corrected chi connectivity index (χ0v) is 21.7. The predicted molar refractivity (Wildman–Crippen MR) is 139 cm³/mol. The van der Waals surface area contributed by atoms with Gasteiger partial charge in [-0.1, -0.05) is 36.4 Å². The van der Waals surface area contributed by atoms with Crippen molar-refractivity contribution in [2.75, 3.05) is 53.6 Å². The normalized spacial score (nSPS) is 20.8. The van der Waals surface area contributed by atoms with Gasteiger partial charge in [-0.3, -0.25) is 9.89 Å². The molecule has 180 valence electrons. The van der Waals surface area contributed by atoms with Gasteiger partial charge in [-0.05, 0) is 11.6 Å². The topological polar surface area (TPSA) is 71.5 Å². The van der Waals surface area contributed by atoms with Crippen LogP contribution in [0.1, 0.15) is 11.1 Å². The molecule has 2 fully saturated rings. The van der Waals surface area contributed by atoms with Crippen molar-refractivity contribution in [1.82, 2.24) is 20.1 Å². The third-order valence-corrected chi connectivity index (χ3v) is 5.97. The fourth-order valence-electron chi connectivity index (χ4n) is 4.36. The fourth-order valence-corrected chi connectivity index (χ4v) is 4.36. The van der Waals surface area contributed by atoms with E-state index in [9.17, 15) is 0 Å². The Labute approximate surface area is 213 Å². The number of aliphatic imine (C=N–C) groups is 1. The Morgan fingerprint density at radius 1 is 1.18 bits per heavy atom. The van der Waals surface area contributed by atoms with Gasteiger partial charge in [0.15, 0.2) is 5.96 Å². The zero-order chi connectivity index (χ0) is 22.2. The lowest BCUT2D eigenvalue weighted by atomic mass is 10.1. The van der Waals surface area contributed by atoms with E-state index in [1.807, 2.05) is 19.2 Å². The number of benzene rings is 1. The Hall–Kier alpha value is -1.95. The molecule has 2 aliphatic heterocycles. The molecule has 3 heterocycles. The van der Waals surface area contributed by atoms with Crippen molar-refractivity contribution < 1.29 is 14.2 Å². The van der Waals surface area contributed by atoms with Crippen molar-refractivity contribution in [3.05, 3.63) is 59.8 Å². The van der Waals surface area contributed by atoms with Gasteiger partial charge in [0.1, 0.15) is 6.61 Å². The lowest BCUT2D eigenvalue weighted by Gasteiger charge is -2.36. The highest BCUT2D eigenvalue weighted by Gasteiger charge is 2.41. The third kappa shape index (κ3) is 6.78. The predicted octanol–water partition coefficient (Wildman–Crippen LogP) is 2.39. The Morgan fingerprint density at radius 3 is 2.82 bits per heavy atom. The minimum absolute atomic E-state index is 0. The van der Waals surface area contributed by atoms with Crippen molar-refractivity contribution in [3.8, 4) is 5.88 Å². The van der Waals surface area contributed by atoms with Crippen molar-refractivity contribution in [2.24, 2.45) is 4.99 Å². The van der Waals surface area contributed by atoms with Crippen LogP contribution >= 0.6 is 24.0 Å². The maximum absolute atomic E-state index is 6.12. The highest BCUT2D eigenvalue weighted by atomic mass is 127. The van der Waals surface area contributed by atoms with Gasteiger partial charge in [-0.15, -0.1) is 24.0 Å². The summed E-state index contributed by atoms with van der Waals surface area (Å²) in [6.45, 7) is 5.98. The van der Waals surface area contributed by atoms with Crippen LogP contribution in [0.3, 0.4) is 0 Å². The molecule has 2 aromatic rings. The molecule has 0 spiro atoms. The molecule has 1 aromatic heterocycles. The Bertz CT molecular complexity index is 885. The summed E-state index contributed by atoms with van der Waals surface area (Å²) in [5, 5.41) is 3.48. The van der Waals surface area contributed by atoms with Crippen LogP contribution in [0.2, 0.25) is 0 Å². The van der Waals surface area contributed by atoms with Crippen LogP contribution in [0.15, 0.2) is 53.7 Å². The largest absolute Gasteiger partial charge is 0.475 e. The lowest BCUT2D eigenvalue weighted by Crippen LogP contribution is -2.50. The number of nitrogens with zero attached hydrogens (tertiary/aromatic N) is 4. The molecule has 8 nitrogen and oxygen atoms in total. The number of pyridine rings is 1. The SMILES string of the molecule is CN=C(NCc1cccnc1OCCOC)N1CC2OCCN(Cc3ccccc3)C2C1.I. The molecule has 1 N–H and O–H groups in total. The molecule has 2 atom stereocenters. The lowest BCUT2D eigenvalue weighted by molar-refractivity contribution is -0.0502. The second-order valence-corrected chi connectivity index (χ2v) is 8.05. The number of hydrogen-bond donors (Lipinski definition) is 1. The van der Waals surface area contributed by atoms with E-state index >= 15 is 0 Å². The van der Waals surface area contributed by atoms with Gasteiger partial charge < -0.3 is 24.4 Å². The summed E-state index contributed by atoms with van der Waals surface area (Å²) in [4.78, 5) is 13.7. The molecule has 2 aliphatic rings. The van der Waals surface area contributed by atoms with Gasteiger partial charge in [0, 0.05) is 58.6 Å². The van der Waals surface area contributed by atoms with Gasteiger partial charge >= 0.3 is 0 Å². The summed E-state index contributed by atoms with van der Waals surface area (Å²) >= 11 is 0. The van der Waals surface area contributed by atoms with Gasteiger partial charge in [-0.2, -0.15) is 0 Å². The number of likely N-dealkylation sites (tertiary alicyclic amines) is 1. The number of fused-ring (bicyclic) bond motifs is 1. The van der Waals surface area contributed by atoms with Crippen LogP contribution in [0, 0.1) is 0 Å². The number of nitrogens with one attached hydrogen (secondary N) is 1. The Morgan fingerprint density at radius 2 is 2.03 bits per heavy atom. The van der Waals surface area contributed by atoms with Crippen molar-refractivity contribution in [3.63, 3.8) is 0 Å². The number of ether oxygens (including phenoxy) is 3. The molecular weight excluding hydrogens is 533 g/mol. The minimum Gasteiger partial charge on any atom is -0.475 e. The maximum atomic E-state index is 6.12. The number of methoxy groups -OCH3 is 1. The molecule has 0 aliphatic carbocycles. The summed E-state index contributed by atoms with van der Waals surface area (Å²) in [5.41, 5.74) is 2.33. The van der Waals surface area contributed by atoms with Crippen LogP contribution in [-0.4, -0.2) is 86.5 Å². The smallest absolute Gasteiger partial charge is 0.218 e. The molecule has 1 aromatic carbocycles. The van der Waals surface area contributed by atoms with Crippen molar-refractivity contribution in [1.29, 1.82) is 0 Å². The van der Waals surface area contributed by atoms with Crippen LogP contribution in [0.4, 0.5) is 0 Å². The first-order valence-corrected chi connectivity index (χ1v) is 11.2. The number of hydrogen-bond acceptors (Lipinski definition) is 6. The second kappa shape index (κ2) is 13.1. The molecule has 0 radical (unpaired) electrons. The van der Waals surface area contributed by atoms with E-state index in [2.05, 4.69) is 55.4 Å². The monoisotopic (exact) mass is 567 g/mol. The molecule has 2 unspecified atom stereocenters. The van der Waals surface area contributed by atoms with E-state index in [4.69, 9.17) is 14.2 Å². The summed E-state index contributed by atoms with van der Waals surface area (Å²) in [6.07, 6.45) is 1.93. The van der Waals surface area contributed by atoms with Gasteiger partial charge in [-0.25, -0.2) is 4.98 Å². The quantitative estimate of drug-likeness (QED) is 0.228. The van der Waals surface area contributed by atoms with Crippen LogP contribution in [0.25, 0.3) is 0 Å². The van der Waals surface area contributed by atoms with Crippen molar-refractivity contribution in [2.45, 2.75) is 25.2 Å². The standard InChI is InChI=1S/C24H33N5O3.HI/c1-25-24(27-15-20-9-6-10-26-23(20)32-14-13-30-2)29-17-21-22(18-29)31-12-11-28(21)16-19-7-4-3-5-8-19;/h3-10,21-22H,11-18H2,1-2H3,(H,25,27);1H. The summed E-state index contributed by atoms with van der Waals surface area (Å²) < 4.78 is 17.0. The highest BCUT2D eigenvalue weighted by Crippen LogP contribution is 2.25. The van der Waals surface area contributed by atoms with E-state index in [1.54, 1.807) is 13.3 Å².